The van der Waals surface area contributed by atoms with Crippen LogP contribution in [0.4, 0.5) is 0 Å². The van der Waals surface area contributed by atoms with Gasteiger partial charge in [0.1, 0.15) is 0 Å². The van der Waals surface area contributed by atoms with E-state index < -0.39 is 0 Å². The van der Waals surface area contributed by atoms with E-state index in [4.69, 9.17) is 0 Å². The molecular formula is C14H31NS. The van der Waals surface area contributed by atoms with Gasteiger partial charge in [0.15, 0.2) is 0 Å². The molecule has 16 heavy (non-hydrogen) atoms. The van der Waals surface area contributed by atoms with Crippen LogP contribution >= 0.6 is 11.8 Å². The molecule has 0 aromatic carbocycles. The molecule has 0 radical (unpaired) electrons. The molecule has 1 atom stereocenters. The van der Waals surface area contributed by atoms with Crippen LogP contribution in [-0.2, 0) is 0 Å². The minimum atomic E-state index is 0.476. The van der Waals surface area contributed by atoms with Crippen molar-refractivity contribution in [3.8, 4) is 0 Å². The quantitative estimate of drug-likeness (QED) is 0.579. The summed E-state index contributed by atoms with van der Waals surface area (Å²) in [6, 6.07) is 0. The molecule has 0 saturated carbocycles. The first-order valence-electron chi connectivity index (χ1n) is 6.85. The summed E-state index contributed by atoms with van der Waals surface area (Å²) >= 11 is 2.07. The van der Waals surface area contributed by atoms with Crippen molar-refractivity contribution in [1.29, 1.82) is 0 Å². The van der Waals surface area contributed by atoms with Crippen molar-refractivity contribution in [2.75, 3.05) is 24.6 Å². The maximum Gasteiger partial charge on any atom is 0.000761 e. The van der Waals surface area contributed by atoms with E-state index in [0.29, 0.717) is 5.41 Å². The van der Waals surface area contributed by atoms with Crippen LogP contribution in [0.2, 0.25) is 0 Å². The van der Waals surface area contributed by atoms with Crippen LogP contribution in [0.1, 0.15) is 53.9 Å². The summed E-state index contributed by atoms with van der Waals surface area (Å²) in [7, 11) is 0. The minimum absolute atomic E-state index is 0.476. The van der Waals surface area contributed by atoms with Crippen LogP contribution < -0.4 is 5.32 Å². The molecule has 0 rings (SSSR count). The number of hydrogen-bond donors (Lipinski definition) is 1. The van der Waals surface area contributed by atoms with Crippen molar-refractivity contribution in [3.63, 3.8) is 0 Å². The first-order valence-corrected chi connectivity index (χ1v) is 8.00. The molecule has 0 aliphatic rings. The van der Waals surface area contributed by atoms with Crippen molar-refractivity contribution in [2.45, 2.75) is 53.9 Å². The summed E-state index contributed by atoms with van der Waals surface area (Å²) in [4.78, 5) is 0. The lowest BCUT2D eigenvalue weighted by atomic mass is 9.75. The monoisotopic (exact) mass is 245 g/mol. The maximum atomic E-state index is 3.59. The fourth-order valence-corrected chi connectivity index (χ4v) is 2.49. The highest BCUT2D eigenvalue weighted by Gasteiger charge is 2.26. The van der Waals surface area contributed by atoms with Gasteiger partial charge in [-0.15, -0.1) is 0 Å². The molecule has 0 aromatic rings. The minimum Gasteiger partial charge on any atom is -0.316 e. The lowest BCUT2D eigenvalue weighted by molar-refractivity contribution is 0.190. The van der Waals surface area contributed by atoms with Gasteiger partial charge in [0, 0.05) is 6.54 Å². The molecule has 1 nitrogen and oxygen atoms in total. The first kappa shape index (κ1) is 16.3. The maximum absolute atomic E-state index is 3.59. The van der Waals surface area contributed by atoms with Crippen LogP contribution in [0.25, 0.3) is 0 Å². The lowest BCUT2D eigenvalue weighted by Crippen LogP contribution is -2.36. The normalized spacial score (nSPS) is 15.4. The Bertz CT molecular complexity index is 159. The Hall–Kier alpha value is 0.310. The van der Waals surface area contributed by atoms with E-state index in [2.05, 4.69) is 51.7 Å². The molecule has 0 amide bonds. The zero-order valence-corrected chi connectivity index (χ0v) is 12.8. The van der Waals surface area contributed by atoms with Gasteiger partial charge in [0.05, 0.1) is 0 Å². The van der Waals surface area contributed by atoms with Gasteiger partial charge in [-0.1, -0.05) is 34.6 Å². The van der Waals surface area contributed by atoms with Gasteiger partial charge in [-0.3, -0.25) is 0 Å². The zero-order valence-electron chi connectivity index (χ0n) is 11.9. The van der Waals surface area contributed by atoms with Crippen LogP contribution in [0.15, 0.2) is 0 Å². The second kappa shape index (κ2) is 9.35. The molecule has 0 aliphatic heterocycles. The zero-order chi connectivity index (χ0) is 12.4. The molecule has 0 saturated heterocycles. The lowest BCUT2D eigenvalue weighted by Gasteiger charge is -2.34. The number of rotatable bonds is 10. The standard InChI is InChI=1S/C14H31NS/c1-6-10-15-12-14(5,13(3)4)9-8-11-16-7-2/h13,15H,6-12H2,1-5H3. The third kappa shape index (κ3) is 6.80. The average molecular weight is 245 g/mol. The molecule has 0 fully saturated rings. The highest BCUT2D eigenvalue weighted by Crippen LogP contribution is 2.32. The Kier molecular flexibility index (Phi) is 9.53. The second-order valence-corrected chi connectivity index (χ2v) is 6.68. The summed E-state index contributed by atoms with van der Waals surface area (Å²) in [5.41, 5.74) is 0.476. The Balaban J connectivity index is 3.91. The molecule has 0 heterocycles. The largest absolute Gasteiger partial charge is 0.316 e. The molecule has 0 spiro atoms. The van der Waals surface area contributed by atoms with E-state index in [1.807, 2.05) is 0 Å². The van der Waals surface area contributed by atoms with E-state index in [9.17, 15) is 0 Å². The van der Waals surface area contributed by atoms with Crippen LogP contribution in [-0.4, -0.2) is 24.6 Å². The van der Waals surface area contributed by atoms with Gasteiger partial charge in [-0.2, -0.15) is 11.8 Å². The predicted octanol–water partition coefficient (Wildman–Crippen LogP) is 4.18. The molecule has 0 bridgehead atoms. The van der Waals surface area contributed by atoms with Gasteiger partial charge < -0.3 is 5.32 Å². The number of hydrogen-bond acceptors (Lipinski definition) is 2. The highest BCUT2D eigenvalue weighted by molar-refractivity contribution is 7.99. The predicted molar refractivity (Wildman–Crippen MR) is 78.3 cm³/mol. The van der Waals surface area contributed by atoms with Gasteiger partial charge in [-0.25, -0.2) is 0 Å². The SMILES string of the molecule is CCCNCC(C)(CCCSCC)C(C)C. The summed E-state index contributed by atoms with van der Waals surface area (Å²) in [6.45, 7) is 14.0. The number of thioether (sulfide) groups is 1. The van der Waals surface area contributed by atoms with Crippen molar-refractivity contribution < 1.29 is 0 Å². The van der Waals surface area contributed by atoms with E-state index in [1.165, 1.54) is 37.3 Å². The van der Waals surface area contributed by atoms with E-state index in [-0.39, 0.29) is 0 Å². The topological polar surface area (TPSA) is 12.0 Å². The fraction of sp³-hybridized carbons (Fsp3) is 1.00. The van der Waals surface area contributed by atoms with Crippen LogP contribution in [0, 0.1) is 11.3 Å². The molecular weight excluding hydrogens is 214 g/mol. The molecule has 2 heteroatoms. The van der Waals surface area contributed by atoms with Crippen molar-refractivity contribution in [1.82, 2.24) is 5.32 Å². The van der Waals surface area contributed by atoms with Crippen molar-refractivity contribution in [3.05, 3.63) is 0 Å². The molecule has 1 unspecified atom stereocenters. The van der Waals surface area contributed by atoms with Crippen LogP contribution in [0.3, 0.4) is 0 Å². The third-order valence-corrected chi connectivity index (χ3v) is 4.58. The van der Waals surface area contributed by atoms with E-state index >= 15 is 0 Å². The summed E-state index contributed by atoms with van der Waals surface area (Å²) < 4.78 is 0. The Morgan fingerprint density at radius 1 is 1.25 bits per heavy atom. The van der Waals surface area contributed by atoms with Gasteiger partial charge in [0.25, 0.3) is 0 Å². The van der Waals surface area contributed by atoms with Gasteiger partial charge >= 0.3 is 0 Å². The summed E-state index contributed by atoms with van der Waals surface area (Å²) in [6.07, 6.45) is 3.95. The molecule has 98 valence electrons. The van der Waals surface area contributed by atoms with Crippen LogP contribution in [0.5, 0.6) is 0 Å². The molecule has 0 aliphatic carbocycles. The Morgan fingerprint density at radius 3 is 2.44 bits per heavy atom. The number of nitrogens with one attached hydrogen (secondary N) is 1. The first-order chi connectivity index (χ1) is 7.56. The fourth-order valence-electron chi connectivity index (χ4n) is 1.85. The highest BCUT2D eigenvalue weighted by atomic mass is 32.2. The Labute approximate surface area is 107 Å². The van der Waals surface area contributed by atoms with Crippen molar-refractivity contribution >= 4 is 11.8 Å². The van der Waals surface area contributed by atoms with E-state index in [1.54, 1.807) is 0 Å². The van der Waals surface area contributed by atoms with Crippen molar-refractivity contribution in [2.24, 2.45) is 11.3 Å². The van der Waals surface area contributed by atoms with Gasteiger partial charge in [0.2, 0.25) is 0 Å². The average Bonchev–Trinajstić information content (AvgIpc) is 2.25. The van der Waals surface area contributed by atoms with E-state index in [0.717, 1.165) is 12.5 Å². The summed E-state index contributed by atoms with van der Waals surface area (Å²) in [5.74, 6) is 3.35. The molecule has 1 N–H and O–H groups in total. The third-order valence-electron chi connectivity index (χ3n) is 3.59. The second-order valence-electron chi connectivity index (χ2n) is 5.29. The molecule has 0 aromatic heterocycles. The Morgan fingerprint density at radius 2 is 1.94 bits per heavy atom. The smallest absolute Gasteiger partial charge is 0.000761 e. The van der Waals surface area contributed by atoms with Gasteiger partial charge in [-0.05, 0) is 48.6 Å². The summed E-state index contributed by atoms with van der Waals surface area (Å²) in [5, 5.41) is 3.59.